The Labute approximate surface area is 128 Å². The van der Waals surface area contributed by atoms with E-state index in [9.17, 15) is 0 Å². The maximum atomic E-state index is 6.37. The highest BCUT2D eigenvalue weighted by molar-refractivity contribution is 6.31. The van der Waals surface area contributed by atoms with Gasteiger partial charge in [-0.1, -0.05) is 44.0 Å². The van der Waals surface area contributed by atoms with Crippen molar-refractivity contribution in [3.05, 3.63) is 34.3 Å². The van der Waals surface area contributed by atoms with Gasteiger partial charge in [0.05, 0.1) is 0 Å². The number of nitrogens with zero attached hydrogens (tertiary/aromatic N) is 1. The van der Waals surface area contributed by atoms with Crippen LogP contribution in [0.4, 0.5) is 0 Å². The van der Waals surface area contributed by atoms with E-state index < -0.39 is 0 Å². The van der Waals surface area contributed by atoms with E-state index in [-0.39, 0.29) is 0 Å². The van der Waals surface area contributed by atoms with Gasteiger partial charge in [-0.2, -0.15) is 0 Å². The summed E-state index contributed by atoms with van der Waals surface area (Å²) in [4.78, 5) is 2.55. The zero-order valence-electron chi connectivity index (χ0n) is 13.0. The van der Waals surface area contributed by atoms with E-state index in [2.05, 4.69) is 49.2 Å². The lowest BCUT2D eigenvalue weighted by atomic mass is 9.99. The normalized spacial score (nSPS) is 22.5. The molecule has 0 saturated carbocycles. The van der Waals surface area contributed by atoms with Crippen molar-refractivity contribution in [1.82, 2.24) is 10.2 Å². The highest BCUT2D eigenvalue weighted by Gasteiger charge is 2.22. The fraction of sp³-hybridized carbons (Fsp3) is 0.647. The minimum atomic E-state index is 0.603. The standard InChI is InChI=1S/C17H27ClN2/c1-4-14(3)17-12-20(9-5-8-19-17)11-15-7-6-13(2)10-16(15)18/h6-7,10,14,17,19H,4-5,8-9,11-12H2,1-3H3. The average molecular weight is 295 g/mol. The van der Waals surface area contributed by atoms with Crippen LogP contribution in [0.1, 0.15) is 37.8 Å². The molecule has 2 atom stereocenters. The zero-order valence-corrected chi connectivity index (χ0v) is 13.7. The molecule has 2 rings (SSSR count). The fourth-order valence-corrected chi connectivity index (χ4v) is 3.15. The lowest BCUT2D eigenvalue weighted by Gasteiger charge is -2.28. The predicted molar refractivity (Wildman–Crippen MR) is 87.3 cm³/mol. The van der Waals surface area contributed by atoms with Crippen LogP contribution in [0.3, 0.4) is 0 Å². The third kappa shape index (κ3) is 4.21. The number of halogens is 1. The molecule has 112 valence electrons. The van der Waals surface area contributed by atoms with Crippen LogP contribution in [0.5, 0.6) is 0 Å². The van der Waals surface area contributed by atoms with Gasteiger partial charge < -0.3 is 5.32 Å². The molecule has 1 N–H and O–H groups in total. The molecule has 0 amide bonds. The van der Waals surface area contributed by atoms with E-state index in [4.69, 9.17) is 11.6 Å². The maximum absolute atomic E-state index is 6.37. The monoisotopic (exact) mass is 294 g/mol. The van der Waals surface area contributed by atoms with Gasteiger partial charge in [-0.05, 0) is 49.5 Å². The van der Waals surface area contributed by atoms with Crippen LogP contribution in [0.15, 0.2) is 18.2 Å². The lowest BCUT2D eigenvalue weighted by molar-refractivity contribution is 0.231. The first-order valence-corrected chi connectivity index (χ1v) is 8.18. The van der Waals surface area contributed by atoms with E-state index in [1.165, 1.54) is 24.0 Å². The van der Waals surface area contributed by atoms with Crippen molar-refractivity contribution < 1.29 is 0 Å². The number of rotatable bonds is 4. The van der Waals surface area contributed by atoms with Gasteiger partial charge in [-0.15, -0.1) is 0 Å². The molecule has 1 fully saturated rings. The van der Waals surface area contributed by atoms with Gasteiger partial charge in [-0.25, -0.2) is 0 Å². The molecule has 1 aliphatic heterocycles. The summed E-state index contributed by atoms with van der Waals surface area (Å²) in [6.07, 6.45) is 2.45. The molecule has 1 aromatic carbocycles. The fourth-order valence-electron chi connectivity index (χ4n) is 2.85. The molecule has 0 radical (unpaired) electrons. The third-order valence-electron chi connectivity index (χ3n) is 4.45. The summed E-state index contributed by atoms with van der Waals surface area (Å²) in [5.74, 6) is 0.726. The highest BCUT2D eigenvalue weighted by atomic mass is 35.5. The van der Waals surface area contributed by atoms with Crippen molar-refractivity contribution in [2.45, 2.75) is 46.2 Å². The van der Waals surface area contributed by atoms with Crippen molar-refractivity contribution in [3.63, 3.8) is 0 Å². The molecule has 0 aliphatic carbocycles. The first-order chi connectivity index (χ1) is 9.60. The van der Waals surface area contributed by atoms with Crippen molar-refractivity contribution in [1.29, 1.82) is 0 Å². The van der Waals surface area contributed by atoms with Crippen LogP contribution in [0.25, 0.3) is 0 Å². The van der Waals surface area contributed by atoms with Crippen molar-refractivity contribution >= 4 is 11.6 Å². The van der Waals surface area contributed by atoms with Crippen LogP contribution >= 0.6 is 11.6 Å². The Balaban J connectivity index is 2.03. The molecule has 3 heteroatoms. The van der Waals surface area contributed by atoms with Crippen molar-refractivity contribution in [2.75, 3.05) is 19.6 Å². The van der Waals surface area contributed by atoms with Gasteiger partial charge in [0.25, 0.3) is 0 Å². The first-order valence-electron chi connectivity index (χ1n) is 7.81. The molecule has 1 heterocycles. The van der Waals surface area contributed by atoms with E-state index in [0.717, 1.165) is 37.1 Å². The zero-order chi connectivity index (χ0) is 14.5. The predicted octanol–water partition coefficient (Wildman–Crippen LogP) is 3.86. The minimum absolute atomic E-state index is 0.603. The summed E-state index contributed by atoms with van der Waals surface area (Å²) in [6.45, 7) is 11.1. The molecule has 2 nitrogen and oxygen atoms in total. The number of hydrogen-bond donors (Lipinski definition) is 1. The lowest BCUT2D eigenvalue weighted by Crippen LogP contribution is -2.41. The Kier molecular flexibility index (Phi) is 5.88. The van der Waals surface area contributed by atoms with Crippen LogP contribution in [-0.2, 0) is 6.54 Å². The number of nitrogens with one attached hydrogen (secondary N) is 1. The Morgan fingerprint density at radius 2 is 2.25 bits per heavy atom. The number of hydrogen-bond acceptors (Lipinski definition) is 2. The third-order valence-corrected chi connectivity index (χ3v) is 4.80. The van der Waals surface area contributed by atoms with Crippen molar-refractivity contribution in [2.24, 2.45) is 5.92 Å². The second-order valence-corrected chi connectivity index (χ2v) is 6.54. The Hall–Kier alpha value is -0.570. The number of benzene rings is 1. The van der Waals surface area contributed by atoms with Gasteiger partial charge in [0, 0.05) is 24.2 Å². The van der Waals surface area contributed by atoms with Gasteiger partial charge in [0.15, 0.2) is 0 Å². The van der Waals surface area contributed by atoms with Crippen molar-refractivity contribution in [3.8, 4) is 0 Å². The SMILES string of the molecule is CCC(C)C1CN(Cc2ccc(C)cc2Cl)CCCN1. The van der Waals surface area contributed by atoms with Crippen LogP contribution in [0, 0.1) is 12.8 Å². The second-order valence-electron chi connectivity index (χ2n) is 6.13. The van der Waals surface area contributed by atoms with Gasteiger partial charge in [0.2, 0.25) is 0 Å². The molecular formula is C17H27ClN2. The molecule has 0 bridgehead atoms. The summed E-state index contributed by atoms with van der Waals surface area (Å²) < 4.78 is 0. The molecule has 1 aliphatic rings. The quantitative estimate of drug-likeness (QED) is 0.907. The molecule has 0 aromatic heterocycles. The smallest absolute Gasteiger partial charge is 0.0453 e. The van der Waals surface area contributed by atoms with E-state index in [1.807, 2.05) is 0 Å². The Morgan fingerprint density at radius 1 is 1.45 bits per heavy atom. The molecule has 0 spiro atoms. The molecule has 20 heavy (non-hydrogen) atoms. The van der Waals surface area contributed by atoms with Crippen LogP contribution < -0.4 is 5.32 Å². The van der Waals surface area contributed by atoms with E-state index >= 15 is 0 Å². The molecule has 1 aromatic rings. The van der Waals surface area contributed by atoms with E-state index in [1.54, 1.807) is 0 Å². The Morgan fingerprint density at radius 3 is 2.95 bits per heavy atom. The summed E-state index contributed by atoms with van der Waals surface area (Å²) >= 11 is 6.37. The topological polar surface area (TPSA) is 15.3 Å². The molecule has 2 unspecified atom stereocenters. The molecular weight excluding hydrogens is 268 g/mol. The number of aryl methyl sites for hydroxylation is 1. The Bertz CT molecular complexity index is 433. The van der Waals surface area contributed by atoms with Crippen LogP contribution in [0.2, 0.25) is 5.02 Å². The minimum Gasteiger partial charge on any atom is -0.312 e. The summed E-state index contributed by atoms with van der Waals surface area (Å²) in [5.41, 5.74) is 2.48. The van der Waals surface area contributed by atoms with Gasteiger partial charge in [-0.3, -0.25) is 4.90 Å². The first kappa shape index (κ1) is 15.8. The maximum Gasteiger partial charge on any atom is 0.0453 e. The second kappa shape index (κ2) is 7.44. The average Bonchev–Trinajstić information content (AvgIpc) is 2.66. The van der Waals surface area contributed by atoms with E-state index in [0.29, 0.717) is 6.04 Å². The highest BCUT2D eigenvalue weighted by Crippen LogP contribution is 2.21. The molecule has 1 saturated heterocycles. The largest absolute Gasteiger partial charge is 0.312 e. The summed E-state index contributed by atoms with van der Waals surface area (Å²) in [6, 6.07) is 7.00. The summed E-state index contributed by atoms with van der Waals surface area (Å²) in [7, 11) is 0. The van der Waals surface area contributed by atoms with Gasteiger partial charge in [0.1, 0.15) is 0 Å². The van der Waals surface area contributed by atoms with Gasteiger partial charge >= 0.3 is 0 Å². The summed E-state index contributed by atoms with van der Waals surface area (Å²) in [5, 5.41) is 4.60. The van der Waals surface area contributed by atoms with Crippen LogP contribution in [-0.4, -0.2) is 30.6 Å².